The van der Waals surface area contributed by atoms with Gasteiger partial charge >= 0.3 is 0 Å². The molecule has 0 saturated carbocycles. The Morgan fingerprint density at radius 1 is 1.42 bits per heavy atom. The minimum atomic E-state index is 0.117. The maximum Gasteiger partial charge on any atom is 0.187 e. The summed E-state index contributed by atoms with van der Waals surface area (Å²) in [5.74, 6) is 0.447. The second-order valence-corrected chi connectivity index (χ2v) is 4.49. The Hall–Kier alpha value is -1.71. The number of hydrogen-bond acceptors (Lipinski definition) is 3. The van der Waals surface area contributed by atoms with Gasteiger partial charge in [0.15, 0.2) is 5.88 Å². The Morgan fingerprint density at radius 2 is 2.05 bits per heavy atom. The van der Waals surface area contributed by atoms with Crippen LogP contribution in [-0.2, 0) is 4.74 Å². The molecule has 0 saturated heterocycles. The zero-order valence-corrected chi connectivity index (χ0v) is 12.8. The summed E-state index contributed by atoms with van der Waals surface area (Å²) in [5.41, 5.74) is 8.58. The van der Waals surface area contributed by atoms with Gasteiger partial charge in [0.25, 0.3) is 0 Å². The highest BCUT2D eigenvalue weighted by Gasteiger charge is 2.04. The predicted octanol–water partition coefficient (Wildman–Crippen LogP) is 3.09. The number of allylic oxidation sites excluding steroid dienone is 3. The molecule has 0 aromatic carbocycles. The lowest BCUT2D eigenvalue weighted by Gasteiger charge is -2.14. The van der Waals surface area contributed by atoms with Gasteiger partial charge in [0, 0.05) is 17.8 Å². The van der Waals surface area contributed by atoms with E-state index in [0.717, 1.165) is 29.8 Å². The van der Waals surface area contributed by atoms with Crippen molar-refractivity contribution in [2.45, 2.75) is 47.1 Å². The van der Waals surface area contributed by atoms with Crippen molar-refractivity contribution in [3.63, 3.8) is 0 Å². The zero-order valence-electron chi connectivity index (χ0n) is 12.8. The van der Waals surface area contributed by atoms with Crippen molar-refractivity contribution < 1.29 is 4.74 Å². The highest BCUT2D eigenvalue weighted by Crippen LogP contribution is 2.11. The first-order chi connectivity index (χ1) is 8.92. The normalized spacial score (nSPS) is 15.1. The van der Waals surface area contributed by atoms with Crippen LogP contribution in [0.25, 0.3) is 0 Å². The minimum Gasteiger partial charge on any atom is -0.476 e. The van der Waals surface area contributed by atoms with Gasteiger partial charge in [-0.05, 0) is 45.8 Å². The van der Waals surface area contributed by atoms with Crippen LogP contribution in [-0.4, -0.2) is 19.0 Å². The van der Waals surface area contributed by atoms with Gasteiger partial charge in [0.1, 0.15) is 0 Å². The van der Waals surface area contributed by atoms with Crippen LogP contribution < -0.4 is 11.1 Å². The second-order valence-electron chi connectivity index (χ2n) is 4.49. The van der Waals surface area contributed by atoms with E-state index < -0.39 is 0 Å². The van der Waals surface area contributed by atoms with E-state index in [1.165, 1.54) is 0 Å². The zero-order chi connectivity index (χ0) is 14.8. The summed E-state index contributed by atoms with van der Waals surface area (Å²) in [7, 11) is 0. The van der Waals surface area contributed by atoms with Crippen molar-refractivity contribution in [3.8, 4) is 0 Å². The molecule has 108 valence electrons. The third-order valence-electron chi connectivity index (χ3n) is 2.61. The lowest BCUT2D eigenvalue weighted by molar-refractivity contribution is 0.124. The Balaban J connectivity index is 4.95. The number of aliphatic imine (C=N–C) groups is 1. The molecule has 3 N–H and O–H groups in total. The van der Waals surface area contributed by atoms with Gasteiger partial charge in [0.05, 0.1) is 12.4 Å². The quantitative estimate of drug-likeness (QED) is 0.307. The van der Waals surface area contributed by atoms with Crippen molar-refractivity contribution in [2.24, 2.45) is 10.7 Å². The Kier molecular flexibility index (Phi) is 8.42. The van der Waals surface area contributed by atoms with Crippen molar-refractivity contribution in [1.29, 1.82) is 0 Å². The molecule has 0 spiro atoms. The summed E-state index contributed by atoms with van der Waals surface area (Å²) in [4.78, 5) is 4.11. The van der Waals surface area contributed by atoms with E-state index >= 15 is 0 Å². The second kappa shape index (κ2) is 9.25. The highest BCUT2D eigenvalue weighted by molar-refractivity contribution is 5.60. The summed E-state index contributed by atoms with van der Waals surface area (Å²) in [6, 6.07) is 0. The average molecular weight is 265 g/mol. The Morgan fingerprint density at radius 3 is 2.53 bits per heavy atom. The van der Waals surface area contributed by atoms with Crippen LogP contribution in [0.1, 0.15) is 41.0 Å². The lowest BCUT2D eigenvalue weighted by Crippen LogP contribution is -2.15. The largest absolute Gasteiger partial charge is 0.476 e. The molecule has 0 amide bonds. The Labute approximate surface area is 117 Å². The van der Waals surface area contributed by atoms with E-state index in [-0.39, 0.29) is 6.10 Å². The first-order valence-electron chi connectivity index (χ1n) is 6.67. The van der Waals surface area contributed by atoms with E-state index in [1.807, 2.05) is 33.8 Å². The molecule has 1 atom stereocenters. The minimum absolute atomic E-state index is 0.117. The fraction of sp³-hybridized carbons (Fsp3) is 0.533. The summed E-state index contributed by atoms with van der Waals surface area (Å²) < 4.78 is 5.59. The molecule has 0 aliphatic carbocycles. The fourth-order valence-electron chi connectivity index (χ4n) is 1.18. The van der Waals surface area contributed by atoms with Crippen molar-refractivity contribution >= 4 is 6.34 Å². The van der Waals surface area contributed by atoms with E-state index in [1.54, 1.807) is 6.34 Å². The lowest BCUT2D eigenvalue weighted by atomic mass is 10.1. The molecule has 0 fully saturated rings. The average Bonchev–Trinajstić information content (AvgIpc) is 2.36. The van der Waals surface area contributed by atoms with Gasteiger partial charge in [-0.3, -0.25) is 4.99 Å². The van der Waals surface area contributed by atoms with Gasteiger partial charge in [-0.25, -0.2) is 0 Å². The molecular weight excluding hydrogens is 238 g/mol. The number of nitrogens with zero attached hydrogens (tertiary/aromatic N) is 1. The van der Waals surface area contributed by atoms with Gasteiger partial charge in [-0.1, -0.05) is 13.5 Å². The fourth-order valence-corrected chi connectivity index (χ4v) is 1.18. The summed E-state index contributed by atoms with van der Waals surface area (Å²) in [6.07, 6.45) is 4.62. The summed E-state index contributed by atoms with van der Waals surface area (Å²) in [5, 5.41) is 3.10. The monoisotopic (exact) mass is 265 g/mol. The third-order valence-corrected chi connectivity index (χ3v) is 2.61. The number of rotatable bonds is 8. The van der Waals surface area contributed by atoms with Gasteiger partial charge in [-0.15, -0.1) is 0 Å². The molecule has 1 unspecified atom stereocenters. The molecule has 0 bridgehead atoms. The molecule has 4 heteroatoms. The number of nitrogens with two attached hydrogens (primary N) is 1. The summed E-state index contributed by atoms with van der Waals surface area (Å²) >= 11 is 0. The van der Waals surface area contributed by atoms with Crippen LogP contribution in [0.15, 0.2) is 40.4 Å². The van der Waals surface area contributed by atoms with Crippen LogP contribution in [0.2, 0.25) is 0 Å². The van der Waals surface area contributed by atoms with Gasteiger partial charge in [-0.2, -0.15) is 0 Å². The molecule has 4 nitrogen and oxygen atoms in total. The molecule has 0 rings (SSSR count). The van der Waals surface area contributed by atoms with Gasteiger partial charge < -0.3 is 15.8 Å². The molecule has 19 heavy (non-hydrogen) atoms. The van der Waals surface area contributed by atoms with Gasteiger partial charge in [0.2, 0.25) is 0 Å². The molecule has 0 heterocycles. The molecule has 0 aliphatic heterocycles. The maximum absolute atomic E-state index is 5.92. The predicted molar refractivity (Wildman–Crippen MR) is 82.8 cm³/mol. The topological polar surface area (TPSA) is 59.6 Å². The first kappa shape index (κ1) is 17.3. The molecule has 0 aliphatic rings. The Bertz CT molecular complexity index is 381. The molecular formula is C15H27N3O. The van der Waals surface area contributed by atoms with E-state index in [0.29, 0.717) is 5.88 Å². The van der Waals surface area contributed by atoms with E-state index in [9.17, 15) is 0 Å². The third kappa shape index (κ3) is 7.34. The van der Waals surface area contributed by atoms with Crippen LogP contribution in [0.3, 0.4) is 0 Å². The van der Waals surface area contributed by atoms with E-state index in [2.05, 4.69) is 23.8 Å². The molecule has 0 aromatic rings. The van der Waals surface area contributed by atoms with E-state index in [4.69, 9.17) is 10.5 Å². The summed E-state index contributed by atoms with van der Waals surface area (Å²) in [6.45, 7) is 14.5. The molecule has 0 radical (unpaired) electrons. The maximum atomic E-state index is 5.92. The van der Waals surface area contributed by atoms with Crippen LogP contribution >= 0.6 is 0 Å². The smallest absolute Gasteiger partial charge is 0.187 e. The van der Waals surface area contributed by atoms with Crippen LogP contribution in [0, 0.1) is 0 Å². The standard InChI is InChI=1S/C15H27N3O/c1-7-13(6)19-15(16)12(5)9-14(11(3)4)18-10-17-8-2/h9-10,13H,3,7-8,16H2,1-2,4-6H3,(H,17,18)/b14-9+,15-12+. The molecule has 0 aromatic heterocycles. The highest BCUT2D eigenvalue weighted by atomic mass is 16.5. The number of ether oxygens (including phenoxy) is 1. The van der Waals surface area contributed by atoms with Crippen LogP contribution in [0.5, 0.6) is 0 Å². The SMILES string of the molecule is C=C(C)/C(=C\C(C)=C(/N)OC(C)CC)NC=NCC. The first-order valence-corrected chi connectivity index (χ1v) is 6.67. The van der Waals surface area contributed by atoms with Crippen molar-refractivity contribution in [1.82, 2.24) is 5.32 Å². The number of nitrogens with one attached hydrogen (secondary N) is 1. The van der Waals surface area contributed by atoms with Crippen molar-refractivity contribution in [2.75, 3.05) is 6.54 Å². The number of hydrogen-bond donors (Lipinski definition) is 2. The van der Waals surface area contributed by atoms with Crippen molar-refractivity contribution in [3.05, 3.63) is 35.4 Å². The van der Waals surface area contributed by atoms with Crippen LogP contribution in [0.4, 0.5) is 0 Å².